The van der Waals surface area contributed by atoms with Crippen molar-refractivity contribution in [3.63, 3.8) is 0 Å². The zero-order valence-corrected chi connectivity index (χ0v) is 16.8. The van der Waals surface area contributed by atoms with Crippen molar-refractivity contribution in [3.05, 3.63) is 53.4 Å². The summed E-state index contributed by atoms with van der Waals surface area (Å²) in [6.07, 6.45) is -1.08. The highest BCUT2D eigenvalue weighted by atomic mass is 19.2. The van der Waals surface area contributed by atoms with Gasteiger partial charge in [-0.2, -0.15) is 4.39 Å². The number of aromatic nitrogens is 1. The van der Waals surface area contributed by atoms with Crippen molar-refractivity contribution in [1.82, 2.24) is 4.98 Å². The van der Waals surface area contributed by atoms with Crippen LogP contribution in [0.25, 0.3) is 0 Å². The van der Waals surface area contributed by atoms with E-state index in [0.717, 1.165) is 6.07 Å². The highest BCUT2D eigenvalue weighted by molar-refractivity contribution is 5.95. The number of anilines is 1. The first-order valence-corrected chi connectivity index (χ1v) is 9.51. The number of ether oxygens (including phenoxy) is 2. The van der Waals surface area contributed by atoms with E-state index in [0.29, 0.717) is 11.3 Å². The number of halogens is 2. The van der Waals surface area contributed by atoms with E-state index in [9.17, 15) is 18.7 Å². The van der Waals surface area contributed by atoms with Gasteiger partial charge in [0, 0.05) is 23.4 Å². The molecule has 3 N–H and O–H groups in total. The molecule has 30 heavy (non-hydrogen) atoms. The summed E-state index contributed by atoms with van der Waals surface area (Å²) in [6.45, 7) is 3.16. The van der Waals surface area contributed by atoms with Gasteiger partial charge >= 0.3 is 0 Å². The maximum Gasteiger partial charge on any atom is 0.254 e. The highest BCUT2D eigenvalue weighted by Gasteiger charge is 2.46. The lowest BCUT2D eigenvalue weighted by atomic mass is 9.82. The Morgan fingerprint density at radius 2 is 2.07 bits per heavy atom. The number of pyridine rings is 1. The Morgan fingerprint density at radius 1 is 1.33 bits per heavy atom. The second kappa shape index (κ2) is 9.03. The fourth-order valence-electron chi connectivity index (χ4n) is 3.71. The van der Waals surface area contributed by atoms with Crippen LogP contribution in [-0.4, -0.2) is 47.0 Å². The molecule has 9 heteroatoms. The number of hydrogen-bond donors (Lipinski definition) is 3. The van der Waals surface area contributed by atoms with E-state index >= 15 is 0 Å². The Hall–Kier alpha value is -2.62. The summed E-state index contributed by atoms with van der Waals surface area (Å²) < 4.78 is 38.9. The molecule has 1 fully saturated rings. The highest BCUT2D eigenvalue weighted by Crippen LogP contribution is 2.44. The van der Waals surface area contributed by atoms with Gasteiger partial charge in [-0.05, 0) is 31.0 Å². The van der Waals surface area contributed by atoms with Crippen molar-refractivity contribution < 1.29 is 33.3 Å². The number of benzene rings is 1. The van der Waals surface area contributed by atoms with E-state index in [4.69, 9.17) is 14.6 Å². The molecular weight excluding hydrogens is 398 g/mol. The molecule has 1 aliphatic heterocycles. The molecule has 7 nitrogen and oxygen atoms in total. The number of carbonyl (C=O) groups excluding carboxylic acids is 1. The van der Waals surface area contributed by atoms with Crippen LogP contribution < -0.4 is 10.1 Å². The first-order chi connectivity index (χ1) is 14.3. The van der Waals surface area contributed by atoms with Gasteiger partial charge in [-0.1, -0.05) is 13.0 Å². The van der Waals surface area contributed by atoms with Crippen molar-refractivity contribution in [2.75, 3.05) is 19.0 Å². The standard InChI is InChI=1S/C21H24F2N2O5/c1-10-11(2)30-20(17(10)13-4-5-14(22)18(23)19(13)29-3)21(28)25-12-6-7-24-15(8-12)16(27)9-26/h4-8,10-11,16-17,20,26-27H,9H2,1-3H3,(H,24,25,28)/t10-,11+,16-,17+,20-/m1/s1. The van der Waals surface area contributed by atoms with Crippen molar-refractivity contribution >= 4 is 11.6 Å². The molecule has 1 saturated heterocycles. The second-order valence-corrected chi connectivity index (χ2v) is 7.29. The molecule has 0 bridgehead atoms. The van der Waals surface area contributed by atoms with Crippen LogP contribution in [0, 0.1) is 17.6 Å². The van der Waals surface area contributed by atoms with E-state index in [1.54, 1.807) is 6.92 Å². The molecule has 1 amide bonds. The molecule has 0 unspecified atom stereocenters. The quantitative estimate of drug-likeness (QED) is 0.662. The molecule has 2 aromatic rings. The Kier molecular flexibility index (Phi) is 6.64. The number of nitrogens with one attached hydrogen (secondary N) is 1. The maximum absolute atomic E-state index is 14.3. The fraction of sp³-hybridized carbons (Fsp3) is 0.429. The van der Waals surface area contributed by atoms with E-state index in [-0.39, 0.29) is 23.5 Å². The summed E-state index contributed by atoms with van der Waals surface area (Å²) in [6, 6.07) is 5.37. The van der Waals surface area contributed by atoms with Gasteiger partial charge in [0.1, 0.15) is 12.2 Å². The van der Waals surface area contributed by atoms with Crippen LogP contribution in [0.5, 0.6) is 5.75 Å². The summed E-state index contributed by atoms with van der Waals surface area (Å²) in [4.78, 5) is 17.0. The van der Waals surface area contributed by atoms with E-state index in [1.807, 2.05) is 6.92 Å². The average Bonchev–Trinajstić information content (AvgIpc) is 3.04. The van der Waals surface area contributed by atoms with Crippen LogP contribution >= 0.6 is 0 Å². The second-order valence-electron chi connectivity index (χ2n) is 7.29. The number of aliphatic hydroxyl groups is 2. The number of carbonyl (C=O) groups is 1. The summed E-state index contributed by atoms with van der Waals surface area (Å²) in [5, 5.41) is 21.5. The van der Waals surface area contributed by atoms with Crippen molar-refractivity contribution in [1.29, 1.82) is 0 Å². The van der Waals surface area contributed by atoms with Crippen molar-refractivity contribution in [2.24, 2.45) is 5.92 Å². The van der Waals surface area contributed by atoms with Crippen LogP contribution in [0.1, 0.15) is 37.1 Å². The Balaban J connectivity index is 1.91. The number of nitrogens with zero attached hydrogens (tertiary/aromatic N) is 1. The molecule has 1 aliphatic rings. The molecule has 1 aromatic carbocycles. The summed E-state index contributed by atoms with van der Waals surface area (Å²) in [5.74, 6) is -3.64. The molecule has 0 aliphatic carbocycles. The van der Waals surface area contributed by atoms with Gasteiger partial charge in [0.05, 0.1) is 25.5 Å². The number of aliphatic hydroxyl groups excluding tert-OH is 2. The molecule has 0 spiro atoms. The first kappa shape index (κ1) is 22.1. The van der Waals surface area contributed by atoms with Gasteiger partial charge in [-0.25, -0.2) is 4.39 Å². The third-order valence-electron chi connectivity index (χ3n) is 5.46. The van der Waals surface area contributed by atoms with Crippen LogP contribution in [0.15, 0.2) is 30.5 Å². The Morgan fingerprint density at radius 3 is 2.73 bits per heavy atom. The third kappa shape index (κ3) is 4.14. The van der Waals surface area contributed by atoms with E-state index in [2.05, 4.69) is 10.3 Å². The molecule has 162 valence electrons. The lowest BCUT2D eigenvalue weighted by Gasteiger charge is -2.23. The molecule has 0 radical (unpaired) electrons. The first-order valence-electron chi connectivity index (χ1n) is 9.51. The van der Waals surface area contributed by atoms with E-state index < -0.39 is 42.3 Å². The SMILES string of the molecule is COc1c([C@@H]2[C@H](C)[C@H](C)O[C@H]2C(=O)Nc2ccnc([C@H](O)CO)c2)ccc(F)c1F. The Bertz CT molecular complexity index is 926. The minimum absolute atomic E-state index is 0.177. The zero-order valence-electron chi connectivity index (χ0n) is 16.8. The van der Waals surface area contributed by atoms with Gasteiger partial charge in [-0.15, -0.1) is 0 Å². The molecule has 0 saturated carbocycles. The third-order valence-corrected chi connectivity index (χ3v) is 5.46. The monoisotopic (exact) mass is 422 g/mol. The van der Waals surface area contributed by atoms with E-state index in [1.165, 1.54) is 31.5 Å². The number of rotatable bonds is 6. The lowest BCUT2D eigenvalue weighted by molar-refractivity contribution is -0.127. The maximum atomic E-state index is 14.3. The predicted molar refractivity (Wildman–Crippen MR) is 104 cm³/mol. The normalized spacial score (nSPS) is 24.5. The zero-order chi connectivity index (χ0) is 22.0. The van der Waals surface area contributed by atoms with Gasteiger partial charge in [-0.3, -0.25) is 9.78 Å². The molecule has 1 aromatic heterocycles. The van der Waals surface area contributed by atoms with Crippen LogP contribution in [0.2, 0.25) is 0 Å². The van der Waals surface area contributed by atoms with Crippen molar-refractivity contribution in [3.8, 4) is 5.75 Å². The average molecular weight is 422 g/mol. The minimum atomic E-state index is -1.18. The summed E-state index contributed by atoms with van der Waals surface area (Å²) in [7, 11) is 1.24. The molecule has 3 rings (SSSR count). The van der Waals surface area contributed by atoms with Crippen molar-refractivity contribution in [2.45, 2.75) is 38.1 Å². The minimum Gasteiger partial charge on any atom is -0.493 e. The molecular formula is C21H24F2N2O5. The van der Waals surface area contributed by atoms with Crippen LogP contribution in [0.3, 0.4) is 0 Å². The number of hydrogen-bond acceptors (Lipinski definition) is 6. The van der Waals surface area contributed by atoms with Gasteiger partial charge in [0.15, 0.2) is 11.6 Å². The summed E-state index contributed by atoms with van der Waals surface area (Å²) in [5.41, 5.74) is 0.895. The lowest BCUT2D eigenvalue weighted by Crippen LogP contribution is -2.33. The number of amides is 1. The van der Waals surface area contributed by atoms with Gasteiger partial charge in [0.2, 0.25) is 5.82 Å². The van der Waals surface area contributed by atoms with Crippen LogP contribution in [0.4, 0.5) is 14.5 Å². The number of methoxy groups -OCH3 is 1. The molecule has 2 heterocycles. The van der Waals surface area contributed by atoms with Gasteiger partial charge in [0.25, 0.3) is 5.91 Å². The summed E-state index contributed by atoms with van der Waals surface area (Å²) >= 11 is 0. The predicted octanol–water partition coefficient (Wildman–Crippen LogP) is 2.54. The topological polar surface area (TPSA) is 101 Å². The fourth-order valence-corrected chi connectivity index (χ4v) is 3.71. The largest absolute Gasteiger partial charge is 0.493 e. The molecule has 5 atom stereocenters. The van der Waals surface area contributed by atoms with Gasteiger partial charge < -0.3 is 25.0 Å². The Labute approximate surface area is 172 Å². The smallest absolute Gasteiger partial charge is 0.254 e. The van der Waals surface area contributed by atoms with Crippen LogP contribution in [-0.2, 0) is 9.53 Å².